The van der Waals surface area contributed by atoms with Gasteiger partial charge in [-0.05, 0) is 6.42 Å². The van der Waals surface area contributed by atoms with Crippen LogP contribution in [-0.4, -0.2) is 43.5 Å². The minimum absolute atomic E-state index is 0.211. The first kappa shape index (κ1) is 7.49. The zero-order valence-electron chi connectivity index (χ0n) is 6.53. The predicted molar refractivity (Wildman–Crippen MR) is 39.9 cm³/mol. The number of nitrogens with two attached hydrogens (primary N) is 1. The number of hydrogen-bond acceptors (Lipinski definition) is 4. The van der Waals surface area contributed by atoms with E-state index in [4.69, 9.17) is 15.3 Å². The maximum Gasteiger partial charge on any atom is 0.0978 e. The summed E-state index contributed by atoms with van der Waals surface area (Å²) in [7, 11) is 0. The van der Waals surface area contributed by atoms with E-state index in [2.05, 4.69) is 0 Å². The molecule has 11 heavy (non-hydrogen) atoms. The summed E-state index contributed by atoms with van der Waals surface area (Å²) in [6.45, 7) is 3.11. The Hall–Kier alpha value is -0.160. The molecule has 0 saturated carbocycles. The molecule has 2 atom stereocenters. The van der Waals surface area contributed by atoms with Crippen molar-refractivity contribution in [2.24, 2.45) is 5.84 Å². The zero-order valence-corrected chi connectivity index (χ0v) is 6.53. The molecule has 0 amide bonds. The zero-order chi connectivity index (χ0) is 7.68. The molecule has 0 aliphatic carbocycles. The van der Waals surface area contributed by atoms with Crippen molar-refractivity contribution in [3.8, 4) is 0 Å². The molecule has 0 aromatic heterocycles. The van der Waals surface area contributed by atoms with Gasteiger partial charge in [0.25, 0.3) is 0 Å². The van der Waals surface area contributed by atoms with Gasteiger partial charge in [0.1, 0.15) is 0 Å². The quantitative estimate of drug-likeness (QED) is 0.476. The fraction of sp³-hybridized carbons (Fsp3) is 1.00. The molecule has 0 spiro atoms. The first-order chi connectivity index (χ1) is 5.38. The fourth-order valence-corrected chi connectivity index (χ4v) is 1.71. The van der Waals surface area contributed by atoms with Gasteiger partial charge >= 0.3 is 0 Å². The highest BCUT2D eigenvalue weighted by atomic mass is 16.5. The average molecular weight is 158 g/mol. The van der Waals surface area contributed by atoms with Crippen LogP contribution in [0.2, 0.25) is 0 Å². The lowest BCUT2D eigenvalue weighted by Crippen LogP contribution is -2.58. The van der Waals surface area contributed by atoms with E-state index < -0.39 is 0 Å². The number of nitrogens with zero attached hydrogens (tertiary/aromatic N) is 1. The molecule has 2 aliphatic heterocycles. The van der Waals surface area contributed by atoms with E-state index in [1.807, 2.05) is 5.01 Å². The molecule has 2 unspecified atom stereocenters. The van der Waals surface area contributed by atoms with Crippen molar-refractivity contribution < 1.29 is 9.47 Å². The normalized spacial score (nSPS) is 40.1. The monoisotopic (exact) mass is 158 g/mol. The van der Waals surface area contributed by atoms with Crippen LogP contribution in [0.1, 0.15) is 6.42 Å². The number of hydrogen-bond donors (Lipinski definition) is 1. The lowest BCUT2D eigenvalue weighted by Gasteiger charge is -2.40. The Morgan fingerprint density at radius 3 is 3.09 bits per heavy atom. The SMILES string of the molecule is NN1CCOC2COCCC21. The number of rotatable bonds is 0. The van der Waals surface area contributed by atoms with Crippen LogP contribution in [0.5, 0.6) is 0 Å². The molecule has 2 rings (SSSR count). The lowest BCUT2D eigenvalue weighted by molar-refractivity contribution is -0.136. The topological polar surface area (TPSA) is 47.7 Å². The summed E-state index contributed by atoms with van der Waals surface area (Å²) >= 11 is 0. The summed E-state index contributed by atoms with van der Waals surface area (Å²) in [5, 5.41) is 1.89. The number of hydrazine groups is 1. The van der Waals surface area contributed by atoms with E-state index in [-0.39, 0.29) is 6.10 Å². The number of morpholine rings is 1. The van der Waals surface area contributed by atoms with Crippen LogP contribution >= 0.6 is 0 Å². The van der Waals surface area contributed by atoms with Crippen molar-refractivity contribution in [2.75, 3.05) is 26.4 Å². The van der Waals surface area contributed by atoms with Gasteiger partial charge in [-0.25, -0.2) is 5.01 Å². The van der Waals surface area contributed by atoms with Gasteiger partial charge in [0.15, 0.2) is 0 Å². The Kier molecular flexibility index (Phi) is 2.09. The lowest BCUT2D eigenvalue weighted by atomic mass is 10.0. The average Bonchev–Trinajstić information content (AvgIpc) is 2.06. The van der Waals surface area contributed by atoms with E-state index in [0.717, 1.165) is 26.2 Å². The Labute approximate surface area is 66.2 Å². The molecular weight excluding hydrogens is 144 g/mol. The van der Waals surface area contributed by atoms with Crippen molar-refractivity contribution >= 4 is 0 Å². The Bertz CT molecular complexity index is 140. The molecule has 0 bridgehead atoms. The Morgan fingerprint density at radius 1 is 1.36 bits per heavy atom. The third-order valence-corrected chi connectivity index (χ3v) is 2.38. The van der Waals surface area contributed by atoms with E-state index in [1.54, 1.807) is 0 Å². The third kappa shape index (κ3) is 1.39. The summed E-state index contributed by atoms with van der Waals surface area (Å²) in [4.78, 5) is 0. The smallest absolute Gasteiger partial charge is 0.0978 e. The number of fused-ring (bicyclic) bond motifs is 1. The molecule has 2 fully saturated rings. The van der Waals surface area contributed by atoms with Crippen LogP contribution in [0.15, 0.2) is 0 Å². The van der Waals surface area contributed by atoms with Crippen molar-refractivity contribution in [3.63, 3.8) is 0 Å². The van der Waals surface area contributed by atoms with Crippen LogP contribution in [0.4, 0.5) is 0 Å². The second-order valence-electron chi connectivity index (χ2n) is 3.08. The third-order valence-electron chi connectivity index (χ3n) is 2.38. The van der Waals surface area contributed by atoms with Gasteiger partial charge in [-0.15, -0.1) is 0 Å². The van der Waals surface area contributed by atoms with Crippen LogP contribution in [-0.2, 0) is 9.47 Å². The highest BCUT2D eigenvalue weighted by molar-refractivity contribution is 4.83. The molecule has 4 nitrogen and oxygen atoms in total. The fourth-order valence-electron chi connectivity index (χ4n) is 1.71. The van der Waals surface area contributed by atoms with Crippen LogP contribution in [0.25, 0.3) is 0 Å². The Morgan fingerprint density at radius 2 is 2.27 bits per heavy atom. The van der Waals surface area contributed by atoms with E-state index in [1.165, 1.54) is 0 Å². The highest BCUT2D eigenvalue weighted by Gasteiger charge is 2.33. The van der Waals surface area contributed by atoms with Gasteiger partial charge in [0, 0.05) is 13.2 Å². The highest BCUT2D eigenvalue weighted by Crippen LogP contribution is 2.18. The maximum atomic E-state index is 5.79. The minimum atomic E-state index is 0.211. The summed E-state index contributed by atoms with van der Waals surface area (Å²) in [5.41, 5.74) is 0. The summed E-state index contributed by atoms with van der Waals surface area (Å²) in [5.74, 6) is 5.79. The molecule has 2 saturated heterocycles. The molecule has 0 aromatic rings. The van der Waals surface area contributed by atoms with Crippen molar-refractivity contribution in [2.45, 2.75) is 18.6 Å². The largest absolute Gasteiger partial charge is 0.379 e. The van der Waals surface area contributed by atoms with Crippen molar-refractivity contribution in [3.05, 3.63) is 0 Å². The molecular formula is C7H14N2O2. The summed E-state index contributed by atoms with van der Waals surface area (Å²) in [6, 6.07) is 0.387. The van der Waals surface area contributed by atoms with Crippen molar-refractivity contribution in [1.29, 1.82) is 0 Å². The van der Waals surface area contributed by atoms with Gasteiger partial charge in [-0.1, -0.05) is 0 Å². The van der Waals surface area contributed by atoms with Crippen LogP contribution in [0, 0.1) is 0 Å². The van der Waals surface area contributed by atoms with Gasteiger partial charge in [0.2, 0.25) is 0 Å². The minimum Gasteiger partial charge on any atom is -0.379 e. The molecule has 4 heteroatoms. The van der Waals surface area contributed by atoms with Gasteiger partial charge in [-0.3, -0.25) is 5.84 Å². The van der Waals surface area contributed by atoms with E-state index in [9.17, 15) is 0 Å². The van der Waals surface area contributed by atoms with Gasteiger partial charge in [0.05, 0.1) is 25.4 Å². The molecule has 64 valence electrons. The van der Waals surface area contributed by atoms with Crippen LogP contribution in [0.3, 0.4) is 0 Å². The Balaban J connectivity index is 1.99. The second kappa shape index (κ2) is 3.06. The first-order valence-electron chi connectivity index (χ1n) is 4.08. The first-order valence-corrected chi connectivity index (χ1v) is 4.08. The van der Waals surface area contributed by atoms with Gasteiger partial charge < -0.3 is 9.47 Å². The predicted octanol–water partition coefficient (Wildman–Crippen LogP) is -0.650. The second-order valence-corrected chi connectivity index (χ2v) is 3.08. The molecule has 0 aromatic carbocycles. The van der Waals surface area contributed by atoms with Gasteiger partial charge in [-0.2, -0.15) is 0 Å². The number of ether oxygens (including phenoxy) is 2. The maximum absolute atomic E-state index is 5.79. The molecule has 2 N–H and O–H groups in total. The summed E-state index contributed by atoms with van der Waals surface area (Å²) in [6.07, 6.45) is 1.21. The standard InChI is InChI=1S/C7H14N2O2/c8-9-2-4-11-7-5-10-3-1-6(7)9/h6-7H,1-5,8H2. The van der Waals surface area contributed by atoms with E-state index >= 15 is 0 Å². The van der Waals surface area contributed by atoms with Crippen LogP contribution < -0.4 is 5.84 Å². The molecule has 0 radical (unpaired) electrons. The van der Waals surface area contributed by atoms with Crippen molar-refractivity contribution in [1.82, 2.24) is 5.01 Å². The van der Waals surface area contributed by atoms with E-state index in [0.29, 0.717) is 12.6 Å². The summed E-state index contributed by atoms with van der Waals surface area (Å²) < 4.78 is 10.8. The molecule has 2 heterocycles. The molecule has 2 aliphatic rings.